The molecule has 15 heavy (non-hydrogen) atoms. The van der Waals surface area contributed by atoms with Gasteiger partial charge in [0.25, 0.3) is 0 Å². The van der Waals surface area contributed by atoms with E-state index in [2.05, 4.69) is 10.4 Å². The lowest BCUT2D eigenvalue weighted by molar-refractivity contribution is -0.142. The molecule has 0 aliphatic carbocycles. The van der Waals surface area contributed by atoms with Crippen LogP contribution in [0.1, 0.15) is 13.3 Å². The number of hydrogen-bond donors (Lipinski definition) is 1. The van der Waals surface area contributed by atoms with Crippen molar-refractivity contribution in [2.24, 2.45) is 0 Å². The molecule has 1 aliphatic rings. The smallest absolute Gasteiger partial charge is 0.323 e. The molecule has 1 fully saturated rings. The molecule has 0 radical (unpaired) electrons. The van der Waals surface area contributed by atoms with Crippen molar-refractivity contribution in [2.45, 2.75) is 32.0 Å². The molecule has 2 heterocycles. The quantitative estimate of drug-likeness (QED) is 0.718. The minimum atomic E-state index is -0.143. The molecule has 0 spiro atoms. The average molecular weight is 209 g/mol. The van der Waals surface area contributed by atoms with Gasteiger partial charge in [-0.1, -0.05) is 0 Å². The lowest BCUT2D eigenvalue weighted by Crippen LogP contribution is -2.35. The van der Waals surface area contributed by atoms with Crippen molar-refractivity contribution in [1.82, 2.24) is 15.1 Å². The summed E-state index contributed by atoms with van der Waals surface area (Å²) in [4.78, 5) is 11.3. The van der Waals surface area contributed by atoms with Crippen molar-refractivity contribution in [3.63, 3.8) is 0 Å². The van der Waals surface area contributed by atoms with Gasteiger partial charge in [-0.3, -0.25) is 9.48 Å². The van der Waals surface area contributed by atoms with Crippen LogP contribution in [0.3, 0.4) is 0 Å². The Labute approximate surface area is 88.4 Å². The van der Waals surface area contributed by atoms with Crippen LogP contribution >= 0.6 is 0 Å². The van der Waals surface area contributed by atoms with Gasteiger partial charge in [-0.05, 0) is 13.0 Å². The van der Waals surface area contributed by atoms with Crippen LogP contribution < -0.4 is 5.32 Å². The lowest BCUT2D eigenvalue weighted by atomic mass is 10.2. The van der Waals surface area contributed by atoms with E-state index < -0.39 is 0 Å². The first kappa shape index (κ1) is 10.2. The molecule has 0 aromatic carbocycles. The predicted octanol–water partition coefficient (Wildman–Crippen LogP) is 0.177. The van der Waals surface area contributed by atoms with Crippen molar-refractivity contribution in [2.75, 3.05) is 6.54 Å². The first-order chi connectivity index (χ1) is 7.25. The molecule has 0 amide bonds. The molecule has 1 aromatic rings. The van der Waals surface area contributed by atoms with Gasteiger partial charge in [0.2, 0.25) is 0 Å². The highest BCUT2D eigenvalue weighted by atomic mass is 16.6. The molecule has 2 rings (SSSR count). The number of nitrogens with zero attached hydrogens (tertiary/aromatic N) is 2. The first-order valence-electron chi connectivity index (χ1n) is 5.17. The zero-order valence-corrected chi connectivity index (χ0v) is 8.72. The minimum Gasteiger partial charge on any atom is -0.461 e. The van der Waals surface area contributed by atoms with E-state index in [1.165, 1.54) is 0 Å². The summed E-state index contributed by atoms with van der Waals surface area (Å²) in [7, 11) is 0. The summed E-state index contributed by atoms with van der Waals surface area (Å²) in [5.41, 5.74) is 0. The van der Waals surface area contributed by atoms with E-state index in [0.29, 0.717) is 0 Å². The average Bonchev–Trinajstić information content (AvgIpc) is 2.77. The van der Waals surface area contributed by atoms with Gasteiger partial charge >= 0.3 is 5.97 Å². The van der Waals surface area contributed by atoms with E-state index in [1.54, 1.807) is 6.20 Å². The van der Waals surface area contributed by atoms with Crippen molar-refractivity contribution in [3.05, 3.63) is 18.5 Å². The van der Waals surface area contributed by atoms with Crippen LogP contribution in [-0.2, 0) is 16.1 Å². The second-order valence-electron chi connectivity index (χ2n) is 3.76. The summed E-state index contributed by atoms with van der Waals surface area (Å²) in [5.74, 6) is -0.136. The molecular formula is C10H15N3O2. The van der Waals surface area contributed by atoms with E-state index in [4.69, 9.17) is 4.74 Å². The van der Waals surface area contributed by atoms with Crippen LogP contribution in [0.2, 0.25) is 0 Å². The van der Waals surface area contributed by atoms with Crippen molar-refractivity contribution < 1.29 is 9.53 Å². The van der Waals surface area contributed by atoms with Crippen molar-refractivity contribution >= 4 is 5.97 Å². The van der Waals surface area contributed by atoms with Crippen LogP contribution in [0.5, 0.6) is 0 Å². The van der Waals surface area contributed by atoms with E-state index in [9.17, 15) is 4.79 Å². The Bertz CT molecular complexity index is 323. The molecular weight excluding hydrogens is 194 g/mol. The van der Waals surface area contributed by atoms with Crippen molar-refractivity contribution in [1.29, 1.82) is 0 Å². The van der Waals surface area contributed by atoms with Gasteiger partial charge in [-0.25, -0.2) is 0 Å². The number of carbonyl (C=O) groups excluding carboxylic acids is 1. The molecule has 5 nitrogen and oxygen atoms in total. The number of aromatic nitrogens is 2. The lowest BCUT2D eigenvalue weighted by Gasteiger charge is -2.08. The second-order valence-corrected chi connectivity index (χ2v) is 3.76. The fraction of sp³-hybridized carbons (Fsp3) is 0.600. The zero-order valence-electron chi connectivity index (χ0n) is 8.72. The number of cyclic esters (lactones) is 1. The number of rotatable bonds is 4. The summed E-state index contributed by atoms with van der Waals surface area (Å²) >= 11 is 0. The van der Waals surface area contributed by atoms with Gasteiger partial charge in [0, 0.05) is 25.4 Å². The molecule has 1 N–H and O–H groups in total. The number of esters is 1. The van der Waals surface area contributed by atoms with Crippen LogP contribution in [0.15, 0.2) is 18.5 Å². The fourth-order valence-corrected chi connectivity index (χ4v) is 1.71. The Hall–Kier alpha value is -1.36. The maximum atomic E-state index is 11.3. The van der Waals surface area contributed by atoms with E-state index in [0.717, 1.165) is 19.5 Å². The van der Waals surface area contributed by atoms with E-state index in [1.807, 2.05) is 23.9 Å². The highest BCUT2D eigenvalue weighted by Crippen LogP contribution is 2.13. The SMILES string of the molecule is C[C@H]1C[C@H](NCCn2cccn2)C(=O)O1. The van der Waals surface area contributed by atoms with Gasteiger partial charge in [0.1, 0.15) is 12.1 Å². The number of nitrogens with one attached hydrogen (secondary N) is 1. The molecule has 0 unspecified atom stereocenters. The van der Waals surface area contributed by atoms with Crippen LogP contribution in [0.25, 0.3) is 0 Å². The van der Waals surface area contributed by atoms with Gasteiger partial charge in [-0.2, -0.15) is 5.10 Å². The monoisotopic (exact) mass is 209 g/mol. The Balaban J connectivity index is 1.72. The predicted molar refractivity (Wildman–Crippen MR) is 54.2 cm³/mol. The van der Waals surface area contributed by atoms with Crippen LogP contribution in [-0.4, -0.2) is 34.4 Å². The van der Waals surface area contributed by atoms with Crippen molar-refractivity contribution in [3.8, 4) is 0 Å². The molecule has 5 heteroatoms. The molecule has 0 saturated carbocycles. The molecule has 1 aromatic heterocycles. The molecule has 1 saturated heterocycles. The summed E-state index contributed by atoms with van der Waals surface area (Å²) in [6.07, 6.45) is 4.45. The highest BCUT2D eigenvalue weighted by Gasteiger charge is 2.30. The topological polar surface area (TPSA) is 56.2 Å². The van der Waals surface area contributed by atoms with Gasteiger partial charge < -0.3 is 10.1 Å². The number of hydrogen-bond acceptors (Lipinski definition) is 4. The minimum absolute atomic E-state index is 0.0414. The second kappa shape index (κ2) is 4.44. The summed E-state index contributed by atoms with van der Waals surface area (Å²) in [5, 5.41) is 7.24. The van der Waals surface area contributed by atoms with Gasteiger partial charge in [0.05, 0.1) is 6.54 Å². The summed E-state index contributed by atoms with van der Waals surface area (Å²) in [6.45, 7) is 3.41. The summed E-state index contributed by atoms with van der Waals surface area (Å²) in [6, 6.07) is 1.74. The third-order valence-electron chi connectivity index (χ3n) is 2.46. The maximum Gasteiger partial charge on any atom is 0.323 e. The maximum absolute atomic E-state index is 11.3. The third kappa shape index (κ3) is 2.56. The standard InChI is InChI=1S/C10H15N3O2/c1-8-7-9(10(14)15-8)11-4-6-13-5-2-3-12-13/h2-3,5,8-9,11H,4,6-7H2,1H3/t8-,9-/m0/s1. The van der Waals surface area contributed by atoms with E-state index >= 15 is 0 Å². The Kier molecular flexibility index (Phi) is 3.01. The fourth-order valence-electron chi connectivity index (χ4n) is 1.71. The van der Waals surface area contributed by atoms with Crippen LogP contribution in [0.4, 0.5) is 0 Å². The first-order valence-corrected chi connectivity index (χ1v) is 5.17. The molecule has 2 atom stereocenters. The number of carbonyl (C=O) groups is 1. The van der Waals surface area contributed by atoms with E-state index in [-0.39, 0.29) is 18.1 Å². The normalized spacial score (nSPS) is 25.5. The Morgan fingerprint density at radius 1 is 1.73 bits per heavy atom. The number of ether oxygens (including phenoxy) is 1. The molecule has 1 aliphatic heterocycles. The largest absolute Gasteiger partial charge is 0.461 e. The Morgan fingerprint density at radius 3 is 3.20 bits per heavy atom. The highest BCUT2D eigenvalue weighted by molar-refractivity contribution is 5.77. The van der Waals surface area contributed by atoms with Gasteiger partial charge in [-0.15, -0.1) is 0 Å². The molecule has 0 bridgehead atoms. The van der Waals surface area contributed by atoms with Crippen LogP contribution in [0, 0.1) is 0 Å². The Morgan fingerprint density at radius 2 is 2.60 bits per heavy atom. The third-order valence-corrected chi connectivity index (χ3v) is 2.46. The zero-order chi connectivity index (χ0) is 10.7. The molecule has 82 valence electrons. The summed E-state index contributed by atoms with van der Waals surface area (Å²) < 4.78 is 6.87. The van der Waals surface area contributed by atoms with Gasteiger partial charge in [0.15, 0.2) is 0 Å².